The average molecular weight is 762 g/mol. The molecule has 16 heteroatoms. The van der Waals surface area contributed by atoms with E-state index < -0.39 is 90.8 Å². The minimum atomic E-state index is -1.36. The Morgan fingerprint density at radius 3 is 1.46 bits per heavy atom. The van der Waals surface area contributed by atoms with Crippen molar-refractivity contribution >= 4 is 41.4 Å². The maximum atomic E-state index is 13.8. The molecule has 0 saturated heterocycles. The summed E-state index contributed by atoms with van der Waals surface area (Å²) in [5.74, 6) is -5.49. The molecular formula is C38H63N7O9. The summed E-state index contributed by atoms with van der Waals surface area (Å²) in [7, 11) is 0. The molecule has 16 nitrogen and oxygen atoms in total. The van der Waals surface area contributed by atoms with E-state index in [0.717, 1.165) is 0 Å². The quantitative estimate of drug-likeness (QED) is 0.0699. The average Bonchev–Trinajstić information content (AvgIpc) is 3.07. The molecule has 0 aromatic heterocycles. The van der Waals surface area contributed by atoms with Crippen molar-refractivity contribution in [2.24, 2.45) is 29.4 Å². The summed E-state index contributed by atoms with van der Waals surface area (Å²) in [6, 6.07) is 2.05. The molecule has 1 aromatic rings. The van der Waals surface area contributed by atoms with E-state index in [1.807, 2.05) is 55.4 Å². The Morgan fingerprint density at radius 1 is 0.556 bits per heavy atom. The van der Waals surface area contributed by atoms with Gasteiger partial charge in [-0.15, -0.1) is 0 Å². The van der Waals surface area contributed by atoms with Crippen molar-refractivity contribution in [1.82, 2.24) is 31.9 Å². The van der Waals surface area contributed by atoms with E-state index in [4.69, 9.17) is 5.73 Å². The molecule has 0 spiro atoms. The van der Waals surface area contributed by atoms with Crippen LogP contribution in [0, 0.1) is 23.7 Å². The fourth-order valence-electron chi connectivity index (χ4n) is 5.60. The number of carboxylic acids is 1. The Hall–Kier alpha value is -4.57. The van der Waals surface area contributed by atoms with E-state index in [2.05, 4.69) is 31.9 Å². The van der Waals surface area contributed by atoms with Gasteiger partial charge in [-0.2, -0.15) is 0 Å². The van der Waals surface area contributed by atoms with Crippen LogP contribution in [0.1, 0.15) is 86.6 Å². The minimum Gasteiger partial charge on any atom is -0.480 e. The van der Waals surface area contributed by atoms with Crippen LogP contribution < -0.4 is 37.6 Å². The number of aliphatic hydroxyl groups is 1. The number of nitrogens with one attached hydrogen (secondary N) is 6. The lowest BCUT2D eigenvalue weighted by Gasteiger charge is -2.27. The summed E-state index contributed by atoms with van der Waals surface area (Å²) in [6.07, 6.45) is 0.948. The zero-order chi connectivity index (χ0) is 41.1. The zero-order valence-electron chi connectivity index (χ0n) is 32.9. The smallest absolute Gasteiger partial charge is 0.326 e. The standard InChI is InChI=1S/C38H63N7O9/c1-21(2)14-26(39)33(48)45-31(20-46)34(49)40-19-32(47)41-27(15-22(3)4)35(50)42-28(16-23(5)6)36(51)43-29(18-25-12-10-9-11-13-25)37(52)44-30(38(53)54)17-24(7)8/h9-13,21-24,26-31,46H,14-20,39H2,1-8H3,(H,40,49)(H,41,47)(H,42,50)(H,43,51)(H,44,52)(H,45,48)(H,53,54). The highest BCUT2D eigenvalue weighted by Crippen LogP contribution is 2.12. The van der Waals surface area contributed by atoms with Crippen molar-refractivity contribution in [1.29, 1.82) is 0 Å². The van der Waals surface area contributed by atoms with Crippen LogP contribution in [0.3, 0.4) is 0 Å². The van der Waals surface area contributed by atoms with Gasteiger partial charge in [0.25, 0.3) is 0 Å². The largest absolute Gasteiger partial charge is 0.480 e. The second kappa shape index (κ2) is 24.0. The van der Waals surface area contributed by atoms with Gasteiger partial charge < -0.3 is 47.8 Å². The van der Waals surface area contributed by atoms with Crippen LogP contribution in [0.5, 0.6) is 0 Å². The summed E-state index contributed by atoms with van der Waals surface area (Å²) >= 11 is 0. The van der Waals surface area contributed by atoms with Gasteiger partial charge in [-0.05, 0) is 54.9 Å². The first kappa shape index (κ1) is 47.5. The molecule has 0 heterocycles. The number of benzene rings is 1. The Morgan fingerprint density at radius 2 is 0.981 bits per heavy atom. The third-order valence-corrected chi connectivity index (χ3v) is 8.24. The summed E-state index contributed by atoms with van der Waals surface area (Å²) in [5, 5.41) is 34.7. The molecule has 304 valence electrons. The molecule has 0 aliphatic heterocycles. The molecule has 0 fully saturated rings. The first-order chi connectivity index (χ1) is 25.2. The predicted molar refractivity (Wildman–Crippen MR) is 203 cm³/mol. The van der Waals surface area contributed by atoms with Crippen LogP contribution >= 0.6 is 0 Å². The number of aliphatic hydroxyl groups excluding tert-OH is 1. The van der Waals surface area contributed by atoms with E-state index in [0.29, 0.717) is 12.0 Å². The molecule has 10 N–H and O–H groups in total. The molecule has 0 aliphatic rings. The van der Waals surface area contributed by atoms with Gasteiger partial charge in [0.2, 0.25) is 35.4 Å². The van der Waals surface area contributed by atoms with Crippen molar-refractivity contribution < 1.29 is 43.8 Å². The lowest BCUT2D eigenvalue weighted by atomic mass is 9.98. The van der Waals surface area contributed by atoms with Gasteiger partial charge in [-0.3, -0.25) is 28.8 Å². The molecule has 1 rings (SSSR count). The molecule has 54 heavy (non-hydrogen) atoms. The molecule has 0 aliphatic carbocycles. The Kier molecular flexibility index (Phi) is 21.1. The van der Waals surface area contributed by atoms with Crippen molar-refractivity contribution in [3.8, 4) is 0 Å². The monoisotopic (exact) mass is 761 g/mol. The summed E-state index contributed by atoms with van der Waals surface area (Å²) in [5.41, 5.74) is 6.58. The van der Waals surface area contributed by atoms with Crippen LogP contribution in [0.15, 0.2) is 30.3 Å². The third kappa shape index (κ3) is 18.5. The first-order valence-electron chi connectivity index (χ1n) is 18.7. The molecule has 0 bridgehead atoms. The van der Waals surface area contributed by atoms with Gasteiger partial charge in [-0.25, -0.2) is 4.79 Å². The molecule has 6 unspecified atom stereocenters. The van der Waals surface area contributed by atoms with Gasteiger partial charge in [0.15, 0.2) is 0 Å². The fourth-order valence-corrected chi connectivity index (χ4v) is 5.60. The molecule has 0 radical (unpaired) electrons. The van der Waals surface area contributed by atoms with Crippen molar-refractivity contribution in [3.63, 3.8) is 0 Å². The van der Waals surface area contributed by atoms with Gasteiger partial charge in [0.05, 0.1) is 19.2 Å². The van der Waals surface area contributed by atoms with Crippen LogP contribution in [0.2, 0.25) is 0 Å². The van der Waals surface area contributed by atoms with E-state index in [1.165, 1.54) is 0 Å². The zero-order valence-corrected chi connectivity index (χ0v) is 32.9. The fraction of sp³-hybridized carbons (Fsp3) is 0.658. The maximum Gasteiger partial charge on any atom is 0.326 e. The summed E-state index contributed by atoms with van der Waals surface area (Å²) in [6.45, 7) is 13.5. The van der Waals surface area contributed by atoms with Crippen molar-refractivity contribution in [2.45, 2.75) is 124 Å². The van der Waals surface area contributed by atoms with Crippen LogP contribution in [-0.2, 0) is 40.0 Å². The van der Waals surface area contributed by atoms with Crippen LogP contribution in [0.25, 0.3) is 0 Å². The maximum absolute atomic E-state index is 13.8. The molecule has 0 saturated carbocycles. The Bertz CT molecular complexity index is 1390. The van der Waals surface area contributed by atoms with Gasteiger partial charge in [0, 0.05) is 6.42 Å². The second-order valence-electron chi connectivity index (χ2n) is 15.4. The van der Waals surface area contributed by atoms with E-state index in [9.17, 15) is 43.8 Å². The highest BCUT2D eigenvalue weighted by atomic mass is 16.4. The van der Waals surface area contributed by atoms with Crippen LogP contribution in [-0.4, -0.2) is 101 Å². The normalized spacial score (nSPS) is 14.7. The minimum absolute atomic E-state index is 0.0289. The second-order valence-corrected chi connectivity index (χ2v) is 15.4. The summed E-state index contributed by atoms with van der Waals surface area (Å²) < 4.78 is 0. The Labute approximate surface area is 318 Å². The molecule has 6 atom stereocenters. The van der Waals surface area contributed by atoms with Crippen molar-refractivity contribution in [3.05, 3.63) is 35.9 Å². The topological polar surface area (TPSA) is 258 Å². The van der Waals surface area contributed by atoms with Gasteiger partial charge in [0.1, 0.15) is 30.2 Å². The number of aliphatic carboxylic acids is 1. The number of hydrogen-bond acceptors (Lipinski definition) is 9. The third-order valence-electron chi connectivity index (χ3n) is 8.24. The van der Waals surface area contributed by atoms with E-state index in [-0.39, 0.29) is 49.4 Å². The van der Waals surface area contributed by atoms with Gasteiger partial charge >= 0.3 is 5.97 Å². The number of hydrogen-bond donors (Lipinski definition) is 9. The lowest BCUT2D eigenvalue weighted by molar-refractivity contribution is -0.142. The summed E-state index contributed by atoms with van der Waals surface area (Å²) in [4.78, 5) is 90.9. The number of nitrogens with two attached hydrogens (primary N) is 1. The predicted octanol–water partition coefficient (Wildman–Crippen LogP) is 0.358. The number of carboxylic acid groups (broad SMARTS) is 1. The number of carbonyl (C=O) groups excluding carboxylic acids is 6. The highest BCUT2D eigenvalue weighted by molar-refractivity contribution is 5.96. The van der Waals surface area contributed by atoms with Crippen molar-refractivity contribution in [2.75, 3.05) is 13.2 Å². The SMILES string of the molecule is CC(C)CC(N)C(=O)NC(CO)C(=O)NCC(=O)NC(CC(C)C)C(=O)NC(CC(C)C)C(=O)NC(Cc1ccccc1)C(=O)NC(CC(C)C)C(=O)O. The van der Waals surface area contributed by atoms with Crippen LogP contribution in [0.4, 0.5) is 0 Å². The highest BCUT2D eigenvalue weighted by Gasteiger charge is 2.32. The van der Waals surface area contributed by atoms with E-state index in [1.54, 1.807) is 30.3 Å². The molecule has 6 amide bonds. The number of rotatable bonds is 24. The first-order valence-corrected chi connectivity index (χ1v) is 18.7. The number of amides is 6. The molecular weight excluding hydrogens is 698 g/mol. The Balaban J connectivity index is 3.13. The van der Waals surface area contributed by atoms with Gasteiger partial charge in [-0.1, -0.05) is 85.7 Å². The lowest BCUT2D eigenvalue weighted by Crippen LogP contribution is -2.59. The molecule has 1 aromatic carbocycles. The number of carbonyl (C=O) groups is 7. The van der Waals surface area contributed by atoms with E-state index >= 15 is 0 Å².